The van der Waals surface area contributed by atoms with Gasteiger partial charge in [-0.1, -0.05) is 108 Å². The van der Waals surface area contributed by atoms with Crippen LogP contribution in [0.4, 0.5) is 0 Å². The molecule has 0 saturated carbocycles. The maximum absolute atomic E-state index is 14.4. The van der Waals surface area contributed by atoms with Gasteiger partial charge >= 0.3 is 0 Å². The van der Waals surface area contributed by atoms with Crippen LogP contribution in [-0.2, 0) is 16.1 Å². The van der Waals surface area contributed by atoms with Gasteiger partial charge in [0.25, 0.3) is 8.32 Å². The zero-order valence-electron chi connectivity index (χ0n) is 27.9. The highest BCUT2D eigenvalue weighted by Crippen LogP contribution is 2.58. The molecule has 0 spiro atoms. The highest BCUT2D eigenvalue weighted by atomic mass is 28.4. The van der Waals surface area contributed by atoms with Crippen molar-refractivity contribution >= 4 is 25.7 Å². The Bertz CT molecular complexity index is 1590. The van der Waals surface area contributed by atoms with Gasteiger partial charge in [0.05, 0.1) is 18.4 Å². The second-order valence-electron chi connectivity index (χ2n) is 14.6. The maximum atomic E-state index is 14.4. The normalized spacial score (nSPS) is 23.9. The van der Waals surface area contributed by atoms with Crippen LogP contribution in [0.15, 0.2) is 84.9 Å². The van der Waals surface area contributed by atoms with E-state index in [1.54, 1.807) is 0 Å². The third-order valence-electron chi connectivity index (χ3n) is 10.7. The molecule has 6 heteroatoms. The fraction of sp³-hybridized carbons (Fsp3) is 0.436. The molecule has 4 atom stereocenters. The Balaban J connectivity index is 1.45. The third-order valence-corrected chi connectivity index (χ3v) is 16.7. The van der Waals surface area contributed by atoms with E-state index in [1.165, 1.54) is 4.90 Å². The van der Waals surface area contributed by atoms with Crippen LogP contribution >= 0.6 is 0 Å². The van der Waals surface area contributed by atoms with E-state index in [9.17, 15) is 9.59 Å². The molecule has 236 valence electrons. The Morgan fingerprint density at radius 1 is 0.800 bits per heavy atom. The number of nitrogens with zero attached hydrogens (tertiary/aromatic N) is 1. The minimum Gasteiger partial charge on any atom is -0.543 e. The number of hydrogen-bond donors (Lipinski definition) is 0. The lowest BCUT2D eigenvalue weighted by atomic mass is 9.60. The molecule has 2 heterocycles. The molecule has 1 saturated heterocycles. The van der Waals surface area contributed by atoms with Crippen molar-refractivity contribution in [3.8, 4) is 11.5 Å². The predicted octanol–water partition coefficient (Wildman–Crippen LogP) is 9.01. The summed E-state index contributed by atoms with van der Waals surface area (Å²) in [4.78, 5) is 30.1. The zero-order valence-corrected chi connectivity index (χ0v) is 28.9. The highest BCUT2D eigenvalue weighted by molar-refractivity contribution is 6.78. The van der Waals surface area contributed by atoms with E-state index in [0.29, 0.717) is 16.6 Å². The van der Waals surface area contributed by atoms with Gasteiger partial charge in [0.15, 0.2) is 0 Å². The first-order valence-corrected chi connectivity index (χ1v) is 18.7. The third kappa shape index (κ3) is 5.15. The molecule has 0 aromatic heterocycles. The van der Waals surface area contributed by atoms with Crippen molar-refractivity contribution < 1.29 is 18.8 Å². The van der Waals surface area contributed by atoms with Crippen molar-refractivity contribution in [1.29, 1.82) is 0 Å². The molecular weight excluding hydrogens is 575 g/mol. The number of likely N-dealkylation sites (tertiary alicyclic amines) is 1. The van der Waals surface area contributed by atoms with E-state index < -0.39 is 25.8 Å². The number of allylic oxidation sites excluding steroid dienone is 1. The van der Waals surface area contributed by atoms with Gasteiger partial charge < -0.3 is 9.16 Å². The van der Waals surface area contributed by atoms with Crippen molar-refractivity contribution in [2.75, 3.05) is 0 Å². The van der Waals surface area contributed by atoms with E-state index in [1.807, 2.05) is 48.5 Å². The number of amides is 2. The fourth-order valence-electron chi connectivity index (χ4n) is 8.86. The van der Waals surface area contributed by atoms with E-state index in [-0.39, 0.29) is 30.2 Å². The molecule has 0 radical (unpaired) electrons. The van der Waals surface area contributed by atoms with E-state index in [4.69, 9.17) is 9.16 Å². The first-order valence-electron chi connectivity index (χ1n) is 16.5. The quantitative estimate of drug-likeness (QED) is 0.186. The molecule has 6 rings (SSSR count). The predicted molar refractivity (Wildman–Crippen MR) is 182 cm³/mol. The van der Waals surface area contributed by atoms with Gasteiger partial charge in [0.2, 0.25) is 11.8 Å². The minimum atomic E-state index is -2.17. The summed E-state index contributed by atoms with van der Waals surface area (Å²) < 4.78 is 13.9. The Morgan fingerprint density at radius 3 is 1.98 bits per heavy atom. The molecule has 3 aliphatic rings. The molecule has 2 amide bonds. The molecule has 45 heavy (non-hydrogen) atoms. The summed E-state index contributed by atoms with van der Waals surface area (Å²) in [6, 6.07) is 26.2. The van der Waals surface area contributed by atoms with Crippen molar-refractivity contribution in [3.63, 3.8) is 0 Å². The number of carbonyl (C=O) groups excluding carboxylic acids is 2. The molecule has 1 aliphatic carbocycles. The van der Waals surface area contributed by atoms with Gasteiger partial charge in [0, 0.05) is 23.5 Å². The summed E-state index contributed by atoms with van der Waals surface area (Å²) >= 11 is 0. The second-order valence-corrected chi connectivity index (χ2v) is 20.0. The molecule has 0 unspecified atom stereocenters. The first kappa shape index (κ1) is 31.3. The molecular formula is C39H47NO4Si. The Labute approximate surface area is 269 Å². The minimum absolute atomic E-state index is 0.0966. The number of benzene rings is 3. The van der Waals surface area contributed by atoms with Crippen LogP contribution in [0.25, 0.3) is 5.57 Å². The maximum Gasteiger partial charge on any atom is 0.258 e. The summed E-state index contributed by atoms with van der Waals surface area (Å²) in [5, 5.41) is 0. The largest absolute Gasteiger partial charge is 0.543 e. The van der Waals surface area contributed by atoms with Crippen molar-refractivity contribution in [3.05, 3.63) is 102 Å². The summed E-state index contributed by atoms with van der Waals surface area (Å²) in [6.45, 7) is 18.2. The van der Waals surface area contributed by atoms with Crippen molar-refractivity contribution in [1.82, 2.24) is 4.90 Å². The molecule has 2 aliphatic heterocycles. The van der Waals surface area contributed by atoms with Crippen LogP contribution in [-0.4, -0.2) is 30.6 Å². The lowest BCUT2D eigenvalue weighted by Gasteiger charge is -2.48. The lowest BCUT2D eigenvalue weighted by molar-refractivity contribution is -0.141. The van der Waals surface area contributed by atoms with Gasteiger partial charge in [-0.05, 0) is 59.3 Å². The van der Waals surface area contributed by atoms with Crippen LogP contribution < -0.4 is 9.16 Å². The molecule has 0 bridgehead atoms. The van der Waals surface area contributed by atoms with E-state index in [0.717, 1.165) is 33.8 Å². The van der Waals surface area contributed by atoms with Crippen molar-refractivity contribution in [2.45, 2.75) is 90.1 Å². The number of rotatable bonds is 8. The van der Waals surface area contributed by atoms with Crippen LogP contribution in [0.2, 0.25) is 16.6 Å². The Hall–Kier alpha value is -3.64. The fourth-order valence-corrected chi connectivity index (χ4v) is 14.1. The van der Waals surface area contributed by atoms with Crippen LogP contribution in [0.1, 0.15) is 78.0 Å². The monoisotopic (exact) mass is 621 g/mol. The SMILES string of the molecule is CC(C)[Si](Oc1ccc2c(c1)OC(C)(C)[C@@H]1C2=C[C@H](c2ccccc2)[C@@H]2C(=O)N(Cc3ccccc3)C(=O)[C@@H]21)(C(C)C)C(C)C. The molecule has 5 nitrogen and oxygen atoms in total. The molecule has 3 aromatic carbocycles. The number of ether oxygens (including phenoxy) is 1. The summed E-state index contributed by atoms with van der Waals surface area (Å²) in [6.07, 6.45) is 2.26. The lowest BCUT2D eigenvalue weighted by Crippen LogP contribution is -2.51. The van der Waals surface area contributed by atoms with Gasteiger partial charge in [-0.3, -0.25) is 14.5 Å². The summed E-state index contributed by atoms with van der Waals surface area (Å²) in [5.74, 6) is -0.0712. The van der Waals surface area contributed by atoms with Crippen molar-refractivity contribution in [2.24, 2.45) is 17.8 Å². The Kier molecular flexibility index (Phi) is 8.09. The average molecular weight is 622 g/mol. The molecule has 0 N–H and O–H groups in total. The van der Waals surface area contributed by atoms with E-state index in [2.05, 4.69) is 91.8 Å². The topological polar surface area (TPSA) is 55.8 Å². The number of carbonyl (C=O) groups is 2. The molecule has 3 aromatic rings. The smallest absolute Gasteiger partial charge is 0.258 e. The standard InChI is InChI=1S/C39H47NO4Si/c1-24(2)45(25(3)4,26(5)6)44-29-19-20-30-32-22-31(28-17-13-10-14-18-28)34-35(36(32)39(7,8)43-33(30)21-29)38(42)40(37(34)41)23-27-15-11-9-12-16-27/h9-22,24-26,31,34-36H,23H2,1-8H3/t31-,34+,35+,36-/m1/s1. The van der Waals surface area contributed by atoms with Gasteiger partial charge in [-0.2, -0.15) is 0 Å². The molecule has 1 fully saturated rings. The summed E-state index contributed by atoms with van der Waals surface area (Å²) in [5.41, 5.74) is 4.70. The van der Waals surface area contributed by atoms with Crippen LogP contribution in [0, 0.1) is 17.8 Å². The second kappa shape index (κ2) is 11.6. The average Bonchev–Trinajstić information content (AvgIpc) is 3.24. The van der Waals surface area contributed by atoms with E-state index >= 15 is 0 Å². The van der Waals surface area contributed by atoms with Crippen LogP contribution in [0.5, 0.6) is 11.5 Å². The number of imide groups is 1. The first-order chi connectivity index (χ1) is 21.4. The number of fused-ring (bicyclic) bond motifs is 5. The summed E-state index contributed by atoms with van der Waals surface area (Å²) in [7, 11) is -2.17. The zero-order chi connectivity index (χ0) is 32.3. The Morgan fingerprint density at radius 2 is 1.38 bits per heavy atom. The van der Waals surface area contributed by atoms with Gasteiger partial charge in [-0.15, -0.1) is 0 Å². The van der Waals surface area contributed by atoms with Gasteiger partial charge in [-0.25, -0.2) is 0 Å². The highest BCUT2D eigenvalue weighted by Gasteiger charge is 2.61. The van der Waals surface area contributed by atoms with Gasteiger partial charge in [0.1, 0.15) is 17.1 Å². The number of hydrogen-bond acceptors (Lipinski definition) is 4. The van der Waals surface area contributed by atoms with Crippen LogP contribution in [0.3, 0.4) is 0 Å².